The van der Waals surface area contributed by atoms with E-state index in [9.17, 15) is 14.8 Å². The van der Waals surface area contributed by atoms with E-state index >= 15 is 0 Å². The molecule has 1 saturated carbocycles. The van der Waals surface area contributed by atoms with E-state index in [4.69, 9.17) is 11.6 Å². The van der Waals surface area contributed by atoms with Crippen LogP contribution in [0.3, 0.4) is 0 Å². The van der Waals surface area contributed by atoms with Crippen LogP contribution in [0, 0.1) is 17.1 Å². The molecule has 3 atom stereocenters. The van der Waals surface area contributed by atoms with Gasteiger partial charge in [0.05, 0.1) is 46.2 Å². The van der Waals surface area contributed by atoms with Gasteiger partial charge in [0.2, 0.25) is 0 Å². The van der Waals surface area contributed by atoms with Crippen molar-refractivity contribution in [1.29, 1.82) is 5.26 Å². The average Bonchev–Trinajstić information content (AvgIpc) is 3.51. The van der Waals surface area contributed by atoms with Crippen LogP contribution in [0.2, 0.25) is 5.02 Å². The molecule has 11 heteroatoms. The van der Waals surface area contributed by atoms with Gasteiger partial charge in [0.1, 0.15) is 17.6 Å². The van der Waals surface area contributed by atoms with Crippen LogP contribution >= 0.6 is 11.6 Å². The van der Waals surface area contributed by atoms with Crippen LogP contribution < -0.4 is 10.6 Å². The van der Waals surface area contributed by atoms with Crippen molar-refractivity contribution < 1.29 is 9.50 Å². The van der Waals surface area contributed by atoms with Crippen molar-refractivity contribution in [3.63, 3.8) is 0 Å². The van der Waals surface area contributed by atoms with Crippen molar-refractivity contribution in [3.8, 4) is 6.07 Å². The Balaban J connectivity index is 1.33. The number of benzene rings is 2. The summed E-state index contributed by atoms with van der Waals surface area (Å²) in [4.78, 5) is 7.00. The topological polar surface area (TPSA) is 115 Å². The zero-order valence-electron chi connectivity index (χ0n) is 26.0. The molecule has 1 aliphatic carbocycles. The molecule has 2 fully saturated rings. The van der Waals surface area contributed by atoms with Crippen molar-refractivity contribution >= 4 is 33.9 Å². The Morgan fingerprint density at radius 3 is 2.56 bits per heavy atom. The number of hydrogen-bond acceptors (Lipinski definition) is 8. The number of fused-ring (bicyclic) bond motifs is 1. The molecule has 0 radical (unpaired) electrons. The van der Waals surface area contributed by atoms with Crippen LogP contribution in [-0.2, 0) is 0 Å². The molecule has 2 aromatic carbocycles. The van der Waals surface area contributed by atoms with Crippen LogP contribution in [0.5, 0.6) is 0 Å². The van der Waals surface area contributed by atoms with Crippen LogP contribution in [0.1, 0.15) is 88.2 Å². The summed E-state index contributed by atoms with van der Waals surface area (Å²) in [5, 5.41) is 37.6. The molecule has 2 aromatic heterocycles. The number of nitrogens with one attached hydrogen (secondary N) is 2. The van der Waals surface area contributed by atoms with E-state index in [0.29, 0.717) is 45.0 Å². The normalized spacial score (nSPS) is 20.6. The van der Waals surface area contributed by atoms with Gasteiger partial charge in [0, 0.05) is 41.9 Å². The highest BCUT2D eigenvalue weighted by Gasteiger charge is 2.29. The summed E-state index contributed by atoms with van der Waals surface area (Å²) in [6.45, 7) is 8.72. The summed E-state index contributed by atoms with van der Waals surface area (Å²) >= 11 is 6.80. The van der Waals surface area contributed by atoms with E-state index in [1.54, 1.807) is 18.2 Å². The maximum atomic E-state index is 14.0. The fourth-order valence-corrected chi connectivity index (χ4v) is 6.90. The Morgan fingerprint density at radius 2 is 1.87 bits per heavy atom. The number of aliphatic hydroxyl groups excluding tert-OH is 1. The zero-order valence-corrected chi connectivity index (χ0v) is 26.7. The lowest BCUT2D eigenvalue weighted by Gasteiger charge is -2.40. The summed E-state index contributed by atoms with van der Waals surface area (Å²) in [6.07, 6.45) is 8.32. The van der Waals surface area contributed by atoms with E-state index in [0.717, 1.165) is 50.8 Å². The maximum Gasteiger partial charge on any atom is 0.123 e. The summed E-state index contributed by atoms with van der Waals surface area (Å²) in [5.74, 6) is -0.320. The lowest BCUT2D eigenvalue weighted by molar-refractivity contribution is 0.0866. The first-order valence-electron chi connectivity index (χ1n) is 15.7. The van der Waals surface area contributed by atoms with E-state index in [2.05, 4.69) is 57.7 Å². The number of likely N-dealkylation sites (tertiary alicyclic amines) is 1. The van der Waals surface area contributed by atoms with Gasteiger partial charge in [0.15, 0.2) is 0 Å². The standard InChI is InChI=1S/C34H40ClFN8O/c1-34(2,3)43-13-11-26(12-14-43)44-20-30(41-42-44)32(21-7-9-23(36)10-8-21)40-25-16-28-31(39-24-5-4-6-27(45)15-24)22(18-37)19-38-33(28)29(35)17-25/h7-10,16-17,19-20,24,26-27,32,40,45H,4-6,11-15H2,1-3H3,(H,38,39)/t24?,27?,32-/m0/s1. The molecular formula is C34H40ClFN8O. The van der Waals surface area contributed by atoms with Gasteiger partial charge >= 0.3 is 0 Å². The summed E-state index contributed by atoms with van der Waals surface area (Å²) in [7, 11) is 0. The number of rotatable bonds is 7. The smallest absolute Gasteiger partial charge is 0.123 e. The number of pyridine rings is 1. The maximum absolute atomic E-state index is 14.0. The predicted octanol–water partition coefficient (Wildman–Crippen LogP) is 6.84. The van der Waals surface area contributed by atoms with Gasteiger partial charge < -0.3 is 15.7 Å². The van der Waals surface area contributed by atoms with Gasteiger partial charge in [-0.15, -0.1) is 5.10 Å². The molecule has 2 aliphatic rings. The number of halogens is 2. The molecule has 1 saturated heterocycles. The first kappa shape index (κ1) is 31.2. The molecule has 45 heavy (non-hydrogen) atoms. The Kier molecular flexibility index (Phi) is 8.96. The Morgan fingerprint density at radius 1 is 1.11 bits per heavy atom. The van der Waals surface area contributed by atoms with E-state index in [1.807, 2.05) is 16.9 Å². The van der Waals surface area contributed by atoms with Crippen molar-refractivity contribution in [1.82, 2.24) is 24.9 Å². The van der Waals surface area contributed by atoms with Crippen LogP contribution in [0.4, 0.5) is 15.8 Å². The first-order chi connectivity index (χ1) is 21.6. The molecule has 4 aromatic rings. The highest BCUT2D eigenvalue weighted by atomic mass is 35.5. The second-order valence-corrected chi connectivity index (χ2v) is 13.7. The largest absolute Gasteiger partial charge is 0.393 e. The third kappa shape index (κ3) is 6.91. The molecule has 236 valence electrons. The van der Waals surface area contributed by atoms with Gasteiger partial charge in [-0.05, 0) is 89.1 Å². The molecule has 6 rings (SSSR count). The number of piperidine rings is 1. The third-order valence-corrected chi connectivity index (χ3v) is 9.45. The molecule has 0 amide bonds. The molecule has 9 nitrogen and oxygen atoms in total. The number of hydrogen-bond donors (Lipinski definition) is 3. The third-order valence-electron chi connectivity index (χ3n) is 9.17. The minimum Gasteiger partial charge on any atom is -0.393 e. The molecule has 1 aliphatic heterocycles. The van der Waals surface area contributed by atoms with Gasteiger partial charge in [0.25, 0.3) is 0 Å². The lowest BCUT2D eigenvalue weighted by atomic mass is 9.92. The molecule has 2 unspecified atom stereocenters. The SMILES string of the molecule is CC(C)(C)N1CCC(n2cc([C@@H](Nc3cc(Cl)c4ncc(C#N)c(NC5CCCC(O)C5)c4c3)c3ccc(F)cc3)nn2)CC1. The number of aliphatic hydroxyl groups is 1. The predicted molar refractivity (Wildman–Crippen MR) is 175 cm³/mol. The van der Waals surface area contributed by atoms with Crippen molar-refractivity contribution in [2.24, 2.45) is 0 Å². The first-order valence-corrected chi connectivity index (χ1v) is 16.1. The van der Waals surface area contributed by atoms with Crippen LogP contribution in [0.15, 0.2) is 48.8 Å². The van der Waals surface area contributed by atoms with Crippen molar-refractivity contribution in [3.05, 3.63) is 76.5 Å². The molecule has 0 bridgehead atoms. The highest BCUT2D eigenvalue weighted by Crippen LogP contribution is 2.37. The Bertz CT molecular complexity index is 1690. The summed E-state index contributed by atoms with van der Waals surface area (Å²) in [6, 6.07) is 12.2. The van der Waals surface area contributed by atoms with Crippen molar-refractivity contribution in [2.45, 2.75) is 89.1 Å². The average molecular weight is 631 g/mol. The second kappa shape index (κ2) is 12.9. The van der Waals surface area contributed by atoms with E-state index in [1.165, 1.54) is 18.3 Å². The fourth-order valence-electron chi connectivity index (χ4n) is 6.63. The second-order valence-electron chi connectivity index (χ2n) is 13.3. The van der Waals surface area contributed by atoms with E-state index < -0.39 is 6.04 Å². The molecule has 3 N–H and O–H groups in total. The number of anilines is 2. The zero-order chi connectivity index (χ0) is 31.7. The van der Waals surface area contributed by atoms with Crippen molar-refractivity contribution in [2.75, 3.05) is 23.7 Å². The lowest BCUT2D eigenvalue weighted by Crippen LogP contribution is -2.46. The summed E-state index contributed by atoms with van der Waals surface area (Å²) in [5.41, 5.74) is 3.98. The van der Waals surface area contributed by atoms with Crippen LogP contribution in [0.25, 0.3) is 10.9 Å². The van der Waals surface area contributed by atoms with Gasteiger partial charge in [-0.25, -0.2) is 9.07 Å². The minimum atomic E-state index is -0.445. The summed E-state index contributed by atoms with van der Waals surface area (Å²) < 4.78 is 15.9. The number of nitriles is 1. The number of aromatic nitrogens is 4. The van der Waals surface area contributed by atoms with Gasteiger partial charge in [-0.2, -0.15) is 5.26 Å². The van der Waals surface area contributed by atoms with Crippen LogP contribution in [-0.4, -0.2) is 60.8 Å². The molecule has 0 spiro atoms. The monoisotopic (exact) mass is 630 g/mol. The molecular weight excluding hydrogens is 591 g/mol. The minimum absolute atomic E-state index is 0.0270. The highest BCUT2D eigenvalue weighted by molar-refractivity contribution is 6.35. The quantitative estimate of drug-likeness (QED) is 0.203. The van der Waals surface area contributed by atoms with Gasteiger partial charge in [-0.1, -0.05) is 28.9 Å². The fraction of sp³-hybridized carbons (Fsp3) is 0.471. The number of nitrogens with zero attached hydrogens (tertiary/aromatic N) is 6. The van der Waals surface area contributed by atoms with E-state index in [-0.39, 0.29) is 29.5 Å². The van der Waals surface area contributed by atoms with Gasteiger partial charge in [-0.3, -0.25) is 9.88 Å². The Hall–Kier alpha value is -3.78. The Labute approximate surface area is 268 Å². The molecule has 3 heterocycles.